The minimum absolute atomic E-state index is 0.313. The molecule has 0 aromatic heterocycles. The first-order valence-electron chi connectivity index (χ1n) is 6.38. The Hall–Kier alpha value is -2.04. The number of carbonyl (C=O) groups is 2. The zero-order valence-corrected chi connectivity index (χ0v) is 11.3. The van der Waals surface area contributed by atoms with Crippen LogP contribution in [0.5, 0.6) is 0 Å². The smallest absolute Gasteiger partial charge is 0.411 e. The van der Waals surface area contributed by atoms with E-state index in [4.69, 9.17) is 9.47 Å². The van der Waals surface area contributed by atoms with Crippen molar-refractivity contribution in [2.24, 2.45) is 0 Å². The highest BCUT2D eigenvalue weighted by molar-refractivity contribution is 5.91. The Morgan fingerprint density at radius 3 is 2.37 bits per heavy atom. The van der Waals surface area contributed by atoms with Gasteiger partial charge in [-0.05, 0) is 37.6 Å². The Balaban J connectivity index is 2.51. The van der Waals surface area contributed by atoms with Crippen LogP contribution in [0, 0.1) is 0 Å². The van der Waals surface area contributed by atoms with Gasteiger partial charge in [0.25, 0.3) is 0 Å². The molecular formula is C14H19NO4. The number of hydrogen-bond acceptors (Lipinski definition) is 4. The summed E-state index contributed by atoms with van der Waals surface area (Å²) in [5.41, 5.74) is 1.04. The van der Waals surface area contributed by atoms with Gasteiger partial charge in [0, 0.05) is 5.69 Å². The Bertz CT molecular complexity index is 414. The van der Waals surface area contributed by atoms with Crippen molar-refractivity contribution in [3.63, 3.8) is 0 Å². The van der Waals surface area contributed by atoms with Crippen LogP contribution < -0.4 is 5.32 Å². The molecule has 0 heterocycles. The lowest BCUT2D eigenvalue weighted by Crippen LogP contribution is -2.13. The largest absolute Gasteiger partial charge is 0.462 e. The summed E-state index contributed by atoms with van der Waals surface area (Å²) < 4.78 is 9.82. The van der Waals surface area contributed by atoms with Gasteiger partial charge in [-0.15, -0.1) is 0 Å². The molecule has 0 unspecified atom stereocenters. The number of amides is 1. The van der Waals surface area contributed by atoms with E-state index >= 15 is 0 Å². The molecule has 19 heavy (non-hydrogen) atoms. The first-order valence-corrected chi connectivity index (χ1v) is 6.38. The second-order valence-electron chi connectivity index (χ2n) is 3.91. The number of anilines is 1. The summed E-state index contributed by atoms with van der Waals surface area (Å²) in [6.07, 6.45) is 1.32. The lowest BCUT2D eigenvalue weighted by molar-refractivity contribution is 0.0500. The predicted molar refractivity (Wildman–Crippen MR) is 72.3 cm³/mol. The monoisotopic (exact) mass is 265 g/mol. The van der Waals surface area contributed by atoms with Crippen molar-refractivity contribution in [1.29, 1.82) is 0 Å². The van der Waals surface area contributed by atoms with Crippen LogP contribution >= 0.6 is 0 Å². The molecule has 1 N–H and O–H groups in total. The van der Waals surface area contributed by atoms with Crippen molar-refractivity contribution in [3.8, 4) is 0 Å². The molecule has 0 saturated carbocycles. The van der Waals surface area contributed by atoms with E-state index in [1.165, 1.54) is 0 Å². The Morgan fingerprint density at radius 2 is 1.79 bits per heavy atom. The molecule has 1 amide bonds. The zero-order chi connectivity index (χ0) is 14.1. The number of benzene rings is 1. The number of unbranched alkanes of at least 4 members (excludes halogenated alkanes) is 1. The third-order valence-electron chi connectivity index (χ3n) is 2.37. The Kier molecular flexibility index (Phi) is 6.43. The van der Waals surface area contributed by atoms with Gasteiger partial charge in [0.15, 0.2) is 0 Å². The van der Waals surface area contributed by atoms with Gasteiger partial charge in [-0.3, -0.25) is 5.32 Å². The van der Waals surface area contributed by atoms with Gasteiger partial charge in [0.05, 0.1) is 18.8 Å². The fraction of sp³-hybridized carbons (Fsp3) is 0.429. The van der Waals surface area contributed by atoms with Crippen LogP contribution in [0.4, 0.5) is 10.5 Å². The molecule has 0 radical (unpaired) electrons. The molecule has 0 atom stereocenters. The summed E-state index contributed by atoms with van der Waals surface area (Å²) in [7, 11) is 0. The van der Waals surface area contributed by atoms with Crippen molar-refractivity contribution in [2.75, 3.05) is 18.5 Å². The first-order chi connectivity index (χ1) is 9.17. The predicted octanol–water partition coefficient (Wildman–Crippen LogP) is 3.21. The SMILES string of the molecule is CCCCOC(=O)c1ccc(NC(=O)OCC)cc1. The normalized spacial score (nSPS) is 9.79. The van der Waals surface area contributed by atoms with Crippen molar-refractivity contribution >= 4 is 17.7 Å². The highest BCUT2D eigenvalue weighted by Crippen LogP contribution is 2.11. The average molecular weight is 265 g/mol. The van der Waals surface area contributed by atoms with Crippen LogP contribution in [0.1, 0.15) is 37.0 Å². The van der Waals surface area contributed by atoms with Crippen LogP contribution in [0.15, 0.2) is 24.3 Å². The summed E-state index contributed by atoms with van der Waals surface area (Å²) in [6.45, 7) is 4.50. The highest BCUT2D eigenvalue weighted by Gasteiger charge is 2.07. The van der Waals surface area contributed by atoms with Crippen LogP contribution in [0.3, 0.4) is 0 Å². The van der Waals surface area contributed by atoms with Gasteiger partial charge in [-0.2, -0.15) is 0 Å². The van der Waals surface area contributed by atoms with E-state index in [0.717, 1.165) is 12.8 Å². The molecular weight excluding hydrogens is 246 g/mol. The van der Waals surface area contributed by atoms with E-state index < -0.39 is 6.09 Å². The van der Waals surface area contributed by atoms with Gasteiger partial charge < -0.3 is 9.47 Å². The maximum absolute atomic E-state index is 11.6. The van der Waals surface area contributed by atoms with Crippen LogP contribution in [-0.2, 0) is 9.47 Å². The third-order valence-corrected chi connectivity index (χ3v) is 2.37. The van der Waals surface area contributed by atoms with Crippen molar-refractivity contribution in [2.45, 2.75) is 26.7 Å². The molecule has 1 rings (SSSR count). The number of ether oxygens (including phenoxy) is 2. The number of rotatable bonds is 6. The molecule has 0 bridgehead atoms. The topological polar surface area (TPSA) is 64.6 Å². The third kappa shape index (κ3) is 5.42. The molecule has 5 nitrogen and oxygen atoms in total. The first kappa shape index (κ1) is 15.0. The molecule has 0 saturated heterocycles. The van der Waals surface area contributed by atoms with Crippen molar-refractivity contribution in [3.05, 3.63) is 29.8 Å². The molecule has 0 fully saturated rings. The highest BCUT2D eigenvalue weighted by atomic mass is 16.5. The number of hydrogen-bond donors (Lipinski definition) is 1. The molecule has 1 aromatic carbocycles. The molecule has 0 spiro atoms. The second-order valence-corrected chi connectivity index (χ2v) is 3.91. The maximum Gasteiger partial charge on any atom is 0.411 e. The quantitative estimate of drug-likeness (QED) is 0.633. The van der Waals surface area contributed by atoms with Crippen LogP contribution in [0.25, 0.3) is 0 Å². The molecule has 0 aliphatic rings. The van der Waals surface area contributed by atoms with E-state index in [1.54, 1.807) is 31.2 Å². The van der Waals surface area contributed by atoms with E-state index in [1.807, 2.05) is 6.92 Å². The number of nitrogens with one attached hydrogen (secondary N) is 1. The second kappa shape index (κ2) is 8.13. The lowest BCUT2D eigenvalue weighted by Gasteiger charge is -2.06. The van der Waals surface area contributed by atoms with Gasteiger partial charge >= 0.3 is 12.1 Å². The molecule has 5 heteroatoms. The summed E-state index contributed by atoms with van der Waals surface area (Å²) >= 11 is 0. The zero-order valence-electron chi connectivity index (χ0n) is 11.3. The summed E-state index contributed by atoms with van der Waals surface area (Å²) in [5, 5.41) is 2.55. The van der Waals surface area contributed by atoms with Crippen molar-refractivity contribution in [1.82, 2.24) is 0 Å². The summed E-state index contributed by atoms with van der Waals surface area (Å²) in [5.74, 6) is -0.351. The molecule has 104 valence electrons. The summed E-state index contributed by atoms with van der Waals surface area (Å²) in [6, 6.07) is 6.48. The number of carbonyl (C=O) groups excluding carboxylic acids is 2. The van der Waals surface area contributed by atoms with Crippen molar-refractivity contribution < 1.29 is 19.1 Å². The molecule has 0 aliphatic heterocycles. The van der Waals surface area contributed by atoms with Crippen LogP contribution in [-0.4, -0.2) is 25.3 Å². The van der Waals surface area contributed by atoms with Gasteiger partial charge in [0.1, 0.15) is 0 Å². The van der Waals surface area contributed by atoms with E-state index in [9.17, 15) is 9.59 Å². The minimum Gasteiger partial charge on any atom is -0.462 e. The summed E-state index contributed by atoms with van der Waals surface area (Å²) in [4.78, 5) is 22.8. The standard InChI is InChI=1S/C14H19NO4/c1-3-5-10-19-13(16)11-6-8-12(9-7-11)15-14(17)18-4-2/h6-9H,3-5,10H2,1-2H3,(H,15,17). The Morgan fingerprint density at radius 1 is 1.11 bits per heavy atom. The molecule has 1 aromatic rings. The maximum atomic E-state index is 11.6. The van der Waals surface area contributed by atoms with Gasteiger partial charge in [-0.1, -0.05) is 13.3 Å². The lowest BCUT2D eigenvalue weighted by atomic mass is 10.2. The van der Waals surface area contributed by atoms with Crippen LogP contribution in [0.2, 0.25) is 0 Å². The minimum atomic E-state index is -0.513. The van der Waals surface area contributed by atoms with Gasteiger partial charge in [-0.25, -0.2) is 9.59 Å². The number of esters is 1. The fourth-order valence-corrected chi connectivity index (χ4v) is 1.37. The van der Waals surface area contributed by atoms with E-state index in [0.29, 0.717) is 24.5 Å². The van der Waals surface area contributed by atoms with E-state index in [2.05, 4.69) is 5.32 Å². The molecule has 0 aliphatic carbocycles. The van der Waals surface area contributed by atoms with E-state index in [-0.39, 0.29) is 5.97 Å². The Labute approximate surface area is 112 Å². The van der Waals surface area contributed by atoms with Gasteiger partial charge in [0.2, 0.25) is 0 Å². The fourth-order valence-electron chi connectivity index (χ4n) is 1.37. The average Bonchev–Trinajstić information content (AvgIpc) is 2.40.